The van der Waals surface area contributed by atoms with E-state index in [1.54, 1.807) is 19.9 Å². The first-order valence-corrected chi connectivity index (χ1v) is 14.7. The highest BCUT2D eigenvalue weighted by Gasteiger charge is 2.91. The number of aliphatic hydroxyl groups excluding tert-OH is 1. The molecule has 2 N–H and O–H groups in total. The lowest BCUT2D eigenvalue weighted by molar-refractivity contribution is -0.407. The summed E-state index contributed by atoms with van der Waals surface area (Å²) in [6, 6.07) is 0. The first-order valence-electron chi connectivity index (χ1n) is 14.7. The number of esters is 2. The molecule has 7 fully saturated rings. The SMILES string of the molecule is CO[C@]12CC=CC(=O)[C@]1(C)C1CCC3(O)C(=O)OCC4(C)[C@H]5C[C@@]6(C)C7C(=O)[C@](OC[C@H]6C(=O)O5)(O[C@]734)C1CC2O. The van der Waals surface area contributed by atoms with Crippen LogP contribution in [0.2, 0.25) is 0 Å². The molecule has 8 aliphatic rings. The van der Waals surface area contributed by atoms with Crippen molar-refractivity contribution in [3.8, 4) is 0 Å². The van der Waals surface area contributed by atoms with E-state index in [2.05, 4.69) is 0 Å². The summed E-state index contributed by atoms with van der Waals surface area (Å²) in [5.41, 5.74) is -9.04. The standard InChI is InChI=1S/C30H36O11/c1-24-11-19-25(2)13-38-23(35)27(36)9-7-14-15(10-18(32)28(37-4)8-5-6-17(31)26(14,28)3)29(39-12-16(24)22(34)40-19)21(33)20(24)30(25,27)41-29/h5-6,14-16,18-20,32,36H,7-13H2,1-4H3/t14?,15?,16-,18?,19+,20?,24+,25?,26-,27?,28-,29+,30-/m0/s1. The van der Waals surface area contributed by atoms with Crippen LogP contribution in [0.3, 0.4) is 0 Å². The minimum atomic E-state index is -2.29. The summed E-state index contributed by atoms with van der Waals surface area (Å²) in [4.78, 5) is 56.2. The molecule has 2 spiro atoms. The predicted octanol–water partition coefficient (Wildman–Crippen LogP) is 0.624. The number of rotatable bonds is 1. The summed E-state index contributed by atoms with van der Waals surface area (Å²) in [5.74, 6) is -7.58. The monoisotopic (exact) mass is 572 g/mol. The van der Waals surface area contributed by atoms with Crippen molar-refractivity contribution in [3.05, 3.63) is 12.2 Å². The van der Waals surface area contributed by atoms with Crippen LogP contribution in [0.25, 0.3) is 0 Å². The fourth-order valence-electron chi connectivity index (χ4n) is 11.3. The smallest absolute Gasteiger partial charge is 0.341 e. The van der Waals surface area contributed by atoms with E-state index in [-0.39, 0.29) is 44.7 Å². The Balaban J connectivity index is 1.43. The maximum atomic E-state index is 15.1. The lowest BCUT2D eigenvalue weighted by atomic mass is 9.41. The maximum absolute atomic E-state index is 15.1. The molecule has 11 heteroatoms. The van der Waals surface area contributed by atoms with Crippen molar-refractivity contribution in [2.75, 3.05) is 20.3 Å². The molecule has 41 heavy (non-hydrogen) atoms. The summed E-state index contributed by atoms with van der Waals surface area (Å²) in [6.45, 7) is 4.94. The number of cyclic esters (lactones) is 1. The number of ketones is 2. The molecule has 0 aromatic rings. The van der Waals surface area contributed by atoms with Gasteiger partial charge in [-0.15, -0.1) is 0 Å². The summed E-state index contributed by atoms with van der Waals surface area (Å²) in [5, 5.41) is 24.4. The van der Waals surface area contributed by atoms with E-state index in [1.807, 2.05) is 6.92 Å². The van der Waals surface area contributed by atoms with Crippen molar-refractivity contribution in [3.63, 3.8) is 0 Å². The van der Waals surface area contributed by atoms with Crippen LogP contribution in [0, 0.1) is 39.9 Å². The molecule has 222 valence electrons. The van der Waals surface area contributed by atoms with Crippen LogP contribution < -0.4 is 0 Å². The van der Waals surface area contributed by atoms with Gasteiger partial charge in [-0.1, -0.05) is 13.0 Å². The average Bonchev–Trinajstić information content (AvgIpc) is 3.16. The van der Waals surface area contributed by atoms with E-state index in [0.717, 1.165) is 0 Å². The lowest BCUT2D eigenvalue weighted by Gasteiger charge is -2.69. The third kappa shape index (κ3) is 2.35. The fraction of sp³-hybridized carbons (Fsp3) is 0.800. The molecular weight excluding hydrogens is 536 g/mol. The van der Waals surface area contributed by atoms with Crippen LogP contribution in [-0.2, 0) is 42.9 Å². The average molecular weight is 573 g/mol. The molecule has 6 unspecified atom stereocenters. The topological polar surface area (TPSA) is 155 Å². The van der Waals surface area contributed by atoms with Gasteiger partial charge >= 0.3 is 11.9 Å². The van der Waals surface area contributed by atoms with Crippen LogP contribution in [-0.4, -0.2) is 88.8 Å². The number of hydrogen-bond donors (Lipinski definition) is 2. The van der Waals surface area contributed by atoms with Crippen LogP contribution in [0.15, 0.2) is 12.2 Å². The summed E-state index contributed by atoms with van der Waals surface area (Å²) < 4.78 is 31.1. The summed E-state index contributed by atoms with van der Waals surface area (Å²) in [6.07, 6.45) is 1.83. The molecule has 0 aromatic heterocycles. The molecule has 8 rings (SSSR count). The van der Waals surface area contributed by atoms with Gasteiger partial charge in [-0.3, -0.25) is 14.4 Å². The van der Waals surface area contributed by atoms with E-state index < -0.39 is 92.4 Å². The van der Waals surface area contributed by atoms with E-state index in [4.69, 9.17) is 23.7 Å². The van der Waals surface area contributed by atoms with Crippen molar-refractivity contribution in [1.82, 2.24) is 0 Å². The van der Waals surface area contributed by atoms with Crippen molar-refractivity contribution in [2.24, 2.45) is 39.9 Å². The largest absolute Gasteiger partial charge is 0.463 e. The number of fused-ring (bicyclic) bond motifs is 5. The van der Waals surface area contributed by atoms with Crippen LogP contribution in [0.5, 0.6) is 0 Å². The molecule has 5 aliphatic heterocycles. The third-order valence-corrected chi connectivity index (χ3v) is 13.4. The van der Waals surface area contributed by atoms with Gasteiger partial charge in [0.15, 0.2) is 17.2 Å². The van der Waals surface area contributed by atoms with Crippen molar-refractivity contribution in [2.45, 2.75) is 87.7 Å². The first-order chi connectivity index (χ1) is 19.2. The van der Waals surface area contributed by atoms with Crippen molar-refractivity contribution in [1.29, 1.82) is 0 Å². The first kappa shape index (κ1) is 26.4. The fourth-order valence-corrected chi connectivity index (χ4v) is 11.3. The number of aliphatic hydroxyl groups is 2. The Bertz CT molecular complexity index is 1360. The number of methoxy groups -OCH3 is 1. The Kier molecular flexibility index (Phi) is 4.71. The normalized spacial score (nSPS) is 59.9. The van der Waals surface area contributed by atoms with Gasteiger partial charge in [0.05, 0.1) is 35.4 Å². The molecule has 5 heterocycles. The van der Waals surface area contributed by atoms with Gasteiger partial charge in [-0.05, 0) is 63.4 Å². The summed E-state index contributed by atoms with van der Waals surface area (Å²) in [7, 11) is 1.46. The Labute approximate surface area is 236 Å². The second kappa shape index (κ2) is 7.30. The number of allylic oxidation sites excluding steroid dienone is 1. The van der Waals surface area contributed by atoms with Gasteiger partial charge < -0.3 is 33.9 Å². The minimum absolute atomic E-state index is 0.0264. The quantitative estimate of drug-likeness (QED) is 0.425. The minimum Gasteiger partial charge on any atom is -0.463 e. The highest BCUT2D eigenvalue weighted by molar-refractivity contribution is 5.99. The van der Waals surface area contributed by atoms with Gasteiger partial charge in [-0.2, -0.15) is 0 Å². The van der Waals surface area contributed by atoms with Gasteiger partial charge in [0, 0.05) is 13.0 Å². The van der Waals surface area contributed by atoms with Crippen molar-refractivity contribution < 1.29 is 53.1 Å². The second-order valence-electron chi connectivity index (χ2n) is 14.4. The lowest BCUT2D eigenvalue weighted by Crippen LogP contribution is -2.83. The molecule has 3 aliphatic carbocycles. The molecule has 11 nitrogen and oxygen atoms in total. The number of Topliss-reactive ketones (excluding diaryl/α,β-unsaturated/α-hetero) is 1. The molecule has 5 bridgehead atoms. The Morgan fingerprint density at radius 3 is 2.59 bits per heavy atom. The maximum Gasteiger partial charge on any atom is 0.341 e. The van der Waals surface area contributed by atoms with Gasteiger partial charge in [0.2, 0.25) is 5.79 Å². The van der Waals surface area contributed by atoms with Crippen molar-refractivity contribution >= 4 is 23.5 Å². The highest BCUT2D eigenvalue weighted by Crippen LogP contribution is 2.76. The molecule has 5 saturated heterocycles. The van der Waals surface area contributed by atoms with E-state index in [1.165, 1.54) is 13.2 Å². The van der Waals surface area contributed by atoms with Crippen LogP contribution in [0.4, 0.5) is 0 Å². The van der Waals surface area contributed by atoms with E-state index in [0.29, 0.717) is 6.42 Å². The van der Waals surface area contributed by atoms with Crippen LogP contribution >= 0.6 is 0 Å². The Morgan fingerprint density at radius 1 is 1.10 bits per heavy atom. The van der Waals surface area contributed by atoms with E-state index in [9.17, 15) is 24.6 Å². The van der Waals surface area contributed by atoms with Gasteiger partial charge in [0.25, 0.3) is 0 Å². The Hall–Kier alpha value is -2.18. The highest BCUT2D eigenvalue weighted by atomic mass is 16.7. The van der Waals surface area contributed by atoms with E-state index >= 15 is 4.79 Å². The molecule has 2 saturated carbocycles. The van der Waals surface area contributed by atoms with Gasteiger partial charge in [0.1, 0.15) is 23.9 Å². The zero-order valence-corrected chi connectivity index (χ0v) is 23.6. The zero-order chi connectivity index (χ0) is 29.2. The third-order valence-electron chi connectivity index (χ3n) is 13.4. The molecule has 0 radical (unpaired) electrons. The molecule has 13 atom stereocenters. The second-order valence-corrected chi connectivity index (χ2v) is 14.4. The molecule has 0 aromatic carbocycles. The Morgan fingerprint density at radius 2 is 1.85 bits per heavy atom. The number of carbonyl (C=O) groups is 4. The molecular formula is C30H36O11. The van der Waals surface area contributed by atoms with Crippen LogP contribution in [0.1, 0.15) is 52.9 Å². The predicted molar refractivity (Wildman–Crippen MR) is 135 cm³/mol. The molecule has 0 amide bonds. The number of ether oxygens (including phenoxy) is 5. The number of carbonyl (C=O) groups excluding carboxylic acids is 4. The number of hydrogen-bond acceptors (Lipinski definition) is 11. The zero-order valence-electron chi connectivity index (χ0n) is 23.6. The summed E-state index contributed by atoms with van der Waals surface area (Å²) >= 11 is 0. The van der Waals surface area contributed by atoms with Gasteiger partial charge in [-0.25, -0.2) is 4.79 Å².